The van der Waals surface area contributed by atoms with Crippen LogP contribution in [0.15, 0.2) is 12.2 Å². The normalized spacial score (nSPS) is 26.9. The molecule has 0 aromatic rings. The number of hydrogen-bond donors (Lipinski definition) is 0. The number of carbonyl (C=O) groups is 2. The maximum Gasteiger partial charge on any atom is 0.345 e. The van der Waals surface area contributed by atoms with Crippen LogP contribution in [0.25, 0.3) is 0 Å². The Hall–Kier alpha value is -1.32. The average Bonchev–Trinajstić information content (AvgIpc) is 2.36. The zero-order chi connectivity index (χ0) is 14.6. The summed E-state index contributed by atoms with van der Waals surface area (Å²) in [6.45, 7) is 9.86. The summed E-state index contributed by atoms with van der Waals surface area (Å²) in [5.41, 5.74) is -0.233. The fraction of sp³-hybridized carbons (Fsp3) is 0.733. The Morgan fingerprint density at radius 1 is 1.21 bits per heavy atom. The zero-order valence-electron chi connectivity index (χ0n) is 12.3. The van der Waals surface area contributed by atoms with Gasteiger partial charge < -0.3 is 9.47 Å². The van der Waals surface area contributed by atoms with Crippen LogP contribution in [0, 0.1) is 17.8 Å². The van der Waals surface area contributed by atoms with Gasteiger partial charge in [-0.15, -0.1) is 0 Å². The van der Waals surface area contributed by atoms with Gasteiger partial charge in [-0.2, -0.15) is 0 Å². The lowest BCUT2D eigenvalue weighted by molar-refractivity contribution is -0.154. The molecule has 4 heteroatoms. The topological polar surface area (TPSA) is 52.6 Å². The Balaban J connectivity index is 2.68. The third-order valence-electron chi connectivity index (χ3n) is 3.90. The van der Waals surface area contributed by atoms with Crippen molar-refractivity contribution in [3.63, 3.8) is 0 Å². The van der Waals surface area contributed by atoms with E-state index in [4.69, 9.17) is 4.74 Å². The van der Waals surface area contributed by atoms with Crippen LogP contribution >= 0.6 is 0 Å². The summed E-state index contributed by atoms with van der Waals surface area (Å²) in [5.74, 6) is -0.0342. The molecule has 1 aliphatic carbocycles. The van der Waals surface area contributed by atoms with Crippen molar-refractivity contribution in [3.8, 4) is 0 Å². The van der Waals surface area contributed by atoms with Crippen molar-refractivity contribution < 1.29 is 19.1 Å². The van der Waals surface area contributed by atoms with E-state index in [-0.39, 0.29) is 11.7 Å². The van der Waals surface area contributed by atoms with Gasteiger partial charge in [0.05, 0.1) is 7.11 Å². The quantitative estimate of drug-likeness (QED) is 0.340. The van der Waals surface area contributed by atoms with Crippen LogP contribution in [0.5, 0.6) is 0 Å². The van der Waals surface area contributed by atoms with Gasteiger partial charge in [-0.05, 0) is 30.6 Å². The molecule has 0 amide bonds. The van der Waals surface area contributed by atoms with E-state index in [0.717, 1.165) is 19.3 Å². The van der Waals surface area contributed by atoms with Gasteiger partial charge in [-0.1, -0.05) is 33.8 Å². The second-order valence-electron chi connectivity index (χ2n) is 5.74. The molecular formula is C15H24O4. The number of rotatable bonds is 4. The predicted molar refractivity (Wildman–Crippen MR) is 72.4 cm³/mol. The standard InChI is InChI=1S/C15H24O4/c1-9(2)12-7-6-10(3)8-13(12)19-15(17)11(4)14(16)18-5/h9-10,12-13H,4,6-8H2,1-3,5H3. The molecule has 1 saturated carbocycles. The minimum Gasteiger partial charge on any atom is -0.465 e. The minimum absolute atomic E-state index is 0.127. The van der Waals surface area contributed by atoms with Crippen LogP contribution < -0.4 is 0 Å². The van der Waals surface area contributed by atoms with E-state index in [1.54, 1.807) is 0 Å². The molecule has 1 aliphatic rings. The molecule has 3 atom stereocenters. The summed E-state index contributed by atoms with van der Waals surface area (Å²) in [6.07, 6.45) is 2.94. The lowest BCUT2D eigenvalue weighted by Crippen LogP contribution is -2.36. The maximum atomic E-state index is 11.9. The highest BCUT2D eigenvalue weighted by atomic mass is 16.6. The van der Waals surface area contributed by atoms with E-state index in [1.165, 1.54) is 7.11 Å². The Kier molecular flexibility index (Phi) is 5.58. The fourth-order valence-corrected chi connectivity index (χ4v) is 2.67. The van der Waals surface area contributed by atoms with Crippen LogP contribution in [0.1, 0.15) is 40.0 Å². The molecule has 4 nitrogen and oxygen atoms in total. The number of ether oxygens (including phenoxy) is 2. The molecule has 1 rings (SSSR count). The van der Waals surface area contributed by atoms with Gasteiger partial charge in [-0.25, -0.2) is 9.59 Å². The van der Waals surface area contributed by atoms with Crippen LogP contribution in [0.2, 0.25) is 0 Å². The highest BCUT2D eigenvalue weighted by Gasteiger charge is 2.34. The molecule has 0 aromatic heterocycles. The zero-order valence-corrected chi connectivity index (χ0v) is 12.3. The number of hydrogen-bond acceptors (Lipinski definition) is 4. The lowest BCUT2D eigenvalue weighted by Gasteiger charge is -2.36. The SMILES string of the molecule is C=C(C(=O)OC)C(=O)OC1CC(C)CCC1C(C)C. The summed E-state index contributed by atoms with van der Waals surface area (Å²) >= 11 is 0. The predicted octanol–water partition coefficient (Wildman–Crippen LogP) is 2.72. The van der Waals surface area contributed by atoms with E-state index in [2.05, 4.69) is 32.1 Å². The van der Waals surface area contributed by atoms with E-state index >= 15 is 0 Å². The Labute approximate surface area is 115 Å². The van der Waals surface area contributed by atoms with Gasteiger partial charge in [0.25, 0.3) is 0 Å². The highest BCUT2D eigenvalue weighted by Crippen LogP contribution is 2.35. The summed E-state index contributed by atoms with van der Waals surface area (Å²) in [7, 11) is 1.22. The largest absolute Gasteiger partial charge is 0.465 e. The first-order valence-electron chi connectivity index (χ1n) is 6.85. The summed E-state index contributed by atoms with van der Waals surface area (Å²) in [4.78, 5) is 23.1. The van der Waals surface area contributed by atoms with Crippen LogP contribution in [0.3, 0.4) is 0 Å². The van der Waals surface area contributed by atoms with Crippen LogP contribution in [-0.2, 0) is 19.1 Å². The van der Waals surface area contributed by atoms with Gasteiger partial charge in [0.2, 0.25) is 0 Å². The molecule has 0 aliphatic heterocycles. The first-order valence-corrected chi connectivity index (χ1v) is 6.85. The molecule has 0 bridgehead atoms. The van der Waals surface area contributed by atoms with E-state index < -0.39 is 11.9 Å². The minimum atomic E-state index is -0.727. The molecule has 0 N–H and O–H groups in total. The smallest absolute Gasteiger partial charge is 0.345 e. The molecule has 1 fully saturated rings. The van der Waals surface area contributed by atoms with Crippen LogP contribution in [-0.4, -0.2) is 25.2 Å². The molecule has 0 saturated heterocycles. The second kappa shape index (κ2) is 6.73. The lowest BCUT2D eigenvalue weighted by atomic mass is 9.75. The van der Waals surface area contributed by atoms with Gasteiger partial charge in [0.15, 0.2) is 0 Å². The Morgan fingerprint density at radius 2 is 1.84 bits per heavy atom. The van der Waals surface area contributed by atoms with Crippen LogP contribution in [0.4, 0.5) is 0 Å². The Bertz CT molecular complexity index is 359. The van der Waals surface area contributed by atoms with Gasteiger partial charge in [0.1, 0.15) is 11.7 Å². The van der Waals surface area contributed by atoms with Gasteiger partial charge >= 0.3 is 11.9 Å². The van der Waals surface area contributed by atoms with Crippen molar-refractivity contribution in [1.82, 2.24) is 0 Å². The second-order valence-corrected chi connectivity index (χ2v) is 5.74. The Morgan fingerprint density at radius 3 is 2.37 bits per heavy atom. The van der Waals surface area contributed by atoms with Gasteiger partial charge in [0, 0.05) is 0 Å². The maximum absolute atomic E-state index is 11.9. The summed E-state index contributed by atoms with van der Waals surface area (Å²) in [6, 6.07) is 0. The number of esters is 2. The molecule has 0 radical (unpaired) electrons. The molecule has 0 aromatic carbocycles. The van der Waals surface area contributed by atoms with Crippen molar-refractivity contribution in [2.75, 3.05) is 7.11 Å². The first kappa shape index (κ1) is 15.7. The van der Waals surface area contributed by atoms with Crippen molar-refractivity contribution in [1.29, 1.82) is 0 Å². The third kappa shape index (κ3) is 4.08. The molecular weight excluding hydrogens is 244 g/mol. The molecule has 3 unspecified atom stereocenters. The van der Waals surface area contributed by atoms with E-state index in [0.29, 0.717) is 17.8 Å². The van der Waals surface area contributed by atoms with E-state index in [9.17, 15) is 9.59 Å². The van der Waals surface area contributed by atoms with Crippen molar-refractivity contribution in [2.45, 2.75) is 46.1 Å². The monoisotopic (exact) mass is 268 g/mol. The fourth-order valence-electron chi connectivity index (χ4n) is 2.67. The van der Waals surface area contributed by atoms with Crippen molar-refractivity contribution in [3.05, 3.63) is 12.2 Å². The van der Waals surface area contributed by atoms with Crippen molar-refractivity contribution >= 4 is 11.9 Å². The molecule has 19 heavy (non-hydrogen) atoms. The molecule has 108 valence electrons. The number of methoxy groups -OCH3 is 1. The summed E-state index contributed by atoms with van der Waals surface area (Å²) < 4.78 is 9.96. The summed E-state index contributed by atoms with van der Waals surface area (Å²) in [5, 5.41) is 0. The van der Waals surface area contributed by atoms with E-state index in [1.807, 2.05) is 0 Å². The van der Waals surface area contributed by atoms with Crippen molar-refractivity contribution in [2.24, 2.45) is 17.8 Å². The molecule has 0 heterocycles. The average molecular weight is 268 g/mol. The highest BCUT2D eigenvalue weighted by molar-refractivity contribution is 6.13. The van der Waals surface area contributed by atoms with Gasteiger partial charge in [-0.3, -0.25) is 0 Å². The first-order chi connectivity index (χ1) is 8.86. The molecule has 0 spiro atoms. The third-order valence-corrected chi connectivity index (χ3v) is 3.90. The number of carbonyl (C=O) groups excluding carboxylic acids is 2.